The number of nitrogens with one attached hydrogen (secondary N) is 1. The lowest BCUT2D eigenvalue weighted by molar-refractivity contribution is 0.0941. The molecule has 23 heavy (non-hydrogen) atoms. The minimum absolute atomic E-state index is 0.118. The highest BCUT2D eigenvalue weighted by Crippen LogP contribution is 2.22. The summed E-state index contributed by atoms with van der Waals surface area (Å²) in [6.45, 7) is 3.57. The van der Waals surface area contributed by atoms with E-state index in [1.165, 1.54) is 17.1 Å². The maximum Gasteiger partial charge on any atom is 0.257 e. The van der Waals surface area contributed by atoms with Crippen molar-refractivity contribution in [2.45, 2.75) is 20.3 Å². The molecule has 4 nitrogen and oxygen atoms in total. The highest BCUT2D eigenvalue weighted by atomic mass is 16.2. The maximum atomic E-state index is 12.6. The summed E-state index contributed by atoms with van der Waals surface area (Å²) in [5, 5.41) is 3.66. The van der Waals surface area contributed by atoms with Crippen molar-refractivity contribution in [2.75, 3.05) is 5.32 Å². The molecule has 1 heterocycles. The van der Waals surface area contributed by atoms with Crippen LogP contribution in [-0.4, -0.2) is 16.4 Å². The van der Waals surface area contributed by atoms with E-state index in [4.69, 9.17) is 0 Å². The SMILES string of the molecule is CCc1ccc(NC(=O)c2cn(C(C)=O)c3ccccc23)cc1. The lowest BCUT2D eigenvalue weighted by Gasteiger charge is -2.05. The molecule has 0 spiro atoms. The second kappa shape index (κ2) is 6.08. The van der Waals surface area contributed by atoms with Gasteiger partial charge in [-0.05, 0) is 30.2 Å². The molecule has 0 unspecified atom stereocenters. The van der Waals surface area contributed by atoms with E-state index in [1.54, 1.807) is 6.20 Å². The molecule has 0 saturated heterocycles. The third-order valence-electron chi connectivity index (χ3n) is 3.92. The first-order chi connectivity index (χ1) is 11.1. The third kappa shape index (κ3) is 2.88. The van der Waals surface area contributed by atoms with E-state index < -0.39 is 0 Å². The van der Waals surface area contributed by atoms with Crippen LogP contribution in [0.15, 0.2) is 54.7 Å². The van der Waals surface area contributed by atoms with Gasteiger partial charge in [-0.15, -0.1) is 0 Å². The smallest absolute Gasteiger partial charge is 0.257 e. The number of aromatic nitrogens is 1. The van der Waals surface area contributed by atoms with Gasteiger partial charge in [0.1, 0.15) is 0 Å². The van der Waals surface area contributed by atoms with Crippen LogP contribution in [0, 0.1) is 0 Å². The predicted molar refractivity (Wildman–Crippen MR) is 92.0 cm³/mol. The Morgan fingerprint density at radius 1 is 1.04 bits per heavy atom. The fraction of sp³-hybridized carbons (Fsp3) is 0.158. The molecule has 3 aromatic rings. The lowest BCUT2D eigenvalue weighted by Crippen LogP contribution is -2.12. The molecule has 0 aliphatic heterocycles. The van der Waals surface area contributed by atoms with Crippen molar-refractivity contribution in [3.63, 3.8) is 0 Å². The zero-order valence-corrected chi connectivity index (χ0v) is 13.2. The van der Waals surface area contributed by atoms with Gasteiger partial charge in [0.15, 0.2) is 0 Å². The zero-order valence-electron chi connectivity index (χ0n) is 13.2. The Bertz CT molecular complexity index is 876. The summed E-state index contributed by atoms with van der Waals surface area (Å²) in [4.78, 5) is 24.3. The molecular weight excluding hydrogens is 288 g/mol. The predicted octanol–water partition coefficient (Wildman–Crippen LogP) is 4.12. The fourth-order valence-corrected chi connectivity index (χ4v) is 2.64. The molecule has 0 aliphatic carbocycles. The van der Waals surface area contributed by atoms with Crippen LogP contribution < -0.4 is 5.32 Å². The van der Waals surface area contributed by atoms with Gasteiger partial charge in [-0.2, -0.15) is 0 Å². The molecule has 0 bridgehead atoms. The summed E-state index contributed by atoms with van der Waals surface area (Å²) in [7, 11) is 0. The number of carbonyl (C=O) groups is 2. The molecule has 1 amide bonds. The van der Waals surface area contributed by atoms with E-state index in [2.05, 4.69) is 12.2 Å². The van der Waals surface area contributed by atoms with Gasteiger partial charge in [-0.1, -0.05) is 37.3 Å². The van der Waals surface area contributed by atoms with Gasteiger partial charge in [0.25, 0.3) is 5.91 Å². The van der Waals surface area contributed by atoms with Crippen molar-refractivity contribution in [3.05, 3.63) is 65.9 Å². The van der Waals surface area contributed by atoms with Crippen molar-refractivity contribution < 1.29 is 9.59 Å². The number of para-hydroxylation sites is 1. The molecular formula is C19H18N2O2. The van der Waals surface area contributed by atoms with Crippen molar-refractivity contribution in [1.82, 2.24) is 4.57 Å². The van der Waals surface area contributed by atoms with Crippen molar-refractivity contribution in [1.29, 1.82) is 0 Å². The topological polar surface area (TPSA) is 51.1 Å². The highest BCUT2D eigenvalue weighted by Gasteiger charge is 2.16. The average Bonchev–Trinajstić information content (AvgIpc) is 2.95. The number of rotatable bonds is 3. The molecule has 0 fully saturated rings. The first-order valence-electron chi connectivity index (χ1n) is 7.61. The number of nitrogens with zero attached hydrogens (tertiary/aromatic N) is 1. The Balaban J connectivity index is 1.95. The summed E-state index contributed by atoms with van der Waals surface area (Å²) in [6.07, 6.45) is 2.56. The normalized spacial score (nSPS) is 10.7. The lowest BCUT2D eigenvalue weighted by atomic mass is 10.1. The number of benzene rings is 2. The minimum Gasteiger partial charge on any atom is -0.322 e. The molecule has 0 atom stereocenters. The van der Waals surface area contributed by atoms with Gasteiger partial charge in [0, 0.05) is 24.2 Å². The number of hydrogen-bond acceptors (Lipinski definition) is 2. The Morgan fingerprint density at radius 2 is 1.74 bits per heavy atom. The van der Waals surface area contributed by atoms with Crippen LogP contribution in [0.2, 0.25) is 0 Å². The van der Waals surface area contributed by atoms with Crippen molar-refractivity contribution >= 4 is 28.4 Å². The Kier molecular flexibility index (Phi) is 3.98. The van der Waals surface area contributed by atoms with Gasteiger partial charge < -0.3 is 5.32 Å². The third-order valence-corrected chi connectivity index (χ3v) is 3.92. The first kappa shape index (κ1) is 15.0. The maximum absolute atomic E-state index is 12.6. The summed E-state index contributed by atoms with van der Waals surface area (Å²) in [5.74, 6) is -0.335. The van der Waals surface area contributed by atoms with Gasteiger partial charge in [0.05, 0.1) is 11.1 Å². The number of anilines is 1. The molecule has 2 aromatic carbocycles. The molecule has 0 radical (unpaired) electrons. The van der Waals surface area contributed by atoms with Crippen LogP contribution >= 0.6 is 0 Å². The average molecular weight is 306 g/mol. The molecule has 1 N–H and O–H groups in total. The standard InChI is InChI=1S/C19H18N2O2/c1-3-14-8-10-15(11-9-14)20-19(23)17-12-21(13(2)22)18-7-5-4-6-16(17)18/h4-12H,3H2,1-2H3,(H,20,23). The molecule has 3 rings (SSSR count). The van der Waals surface area contributed by atoms with E-state index in [-0.39, 0.29) is 11.8 Å². The van der Waals surface area contributed by atoms with Crippen molar-refractivity contribution in [2.24, 2.45) is 0 Å². The molecule has 0 saturated carbocycles. The number of amides is 1. The first-order valence-corrected chi connectivity index (χ1v) is 7.61. The van der Waals surface area contributed by atoms with E-state index in [1.807, 2.05) is 48.5 Å². The number of fused-ring (bicyclic) bond motifs is 1. The monoisotopic (exact) mass is 306 g/mol. The van der Waals surface area contributed by atoms with E-state index in [0.717, 1.165) is 23.0 Å². The van der Waals surface area contributed by atoms with Crippen LogP contribution in [0.5, 0.6) is 0 Å². The van der Waals surface area contributed by atoms with Gasteiger partial charge in [-0.3, -0.25) is 14.2 Å². The second-order valence-corrected chi connectivity index (χ2v) is 5.45. The van der Waals surface area contributed by atoms with E-state index >= 15 is 0 Å². The molecule has 0 aliphatic rings. The zero-order chi connectivity index (χ0) is 16.4. The Morgan fingerprint density at radius 3 is 2.39 bits per heavy atom. The number of carbonyl (C=O) groups excluding carboxylic acids is 2. The summed E-state index contributed by atoms with van der Waals surface area (Å²) < 4.78 is 1.50. The summed E-state index contributed by atoms with van der Waals surface area (Å²) in [5.41, 5.74) is 3.20. The van der Waals surface area contributed by atoms with Crippen LogP contribution in [0.1, 0.15) is 34.6 Å². The summed E-state index contributed by atoms with van der Waals surface area (Å²) >= 11 is 0. The van der Waals surface area contributed by atoms with Crippen LogP contribution in [-0.2, 0) is 6.42 Å². The van der Waals surface area contributed by atoms with E-state index in [9.17, 15) is 9.59 Å². The number of hydrogen-bond donors (Lipinski definition) is 1. The quantitative estimate of drug-likeness (QED) is 0.791. The van der Waals surface area contributed by atoms with Crippen molar-refractivity contribution in [3.8, 4) is 0 Å². The summed E-state index contributed by atoms with van der Waals surface area (Å²) in [6, 6.07) is 15.2. The Hall–Kier alpha value is -2.88. The minimum atomic E-state index is -0.217. The van der Waals surface area contributed by atoms with Crippen LogP contribution in [0.4, 0.5) is 5.69 Å². The second-order valence-electron chi connectivity index (χ2n) is 5.45. The fourth-order valence-electron chi connectivity index (χ4n) is 2.64. The highest BCUT2D eigenvalue weighted by molar-refractivity contribution is 6.14. The van der Waals surface area contributed by atoms with Crippen LogP contribution in [0.3, 0.4) is 0 Å². The van der Waals surface area contributed by atoms with Gasteiger partial charge in [0.2, 0.25) is 5.91 Å². The molecule has 116 valence electrons. The largest absolute Gasteiger partial charge is 0.322 e. The van der Waals surface area contributed by atoms with Gasteiger partial charge >= 0.3 is 0 Å². The van der Waals surface area contributed by atoms with E-state index in [0.29, 0.717) is 5.56 Å². The van der Waals surface area contributed by atoms with Gasteiger partial charge in [-0.25, -0.2) is 0 Å². The molecule has 4 heteroatoms. The Labute approximate surface area is 134 Å². The molecule has 1 aromatic heterocycles. The van der Waals surface area contributed by atoms with Crippen LogP contribution in [0.25, 0.3) is 10.9 Å². The number of aryl methyl sites for hydroxylation is 1.